The first-order chi connectivity index (χ1) is 11.7. The summed E-state index contributed by atoms with van der Waals surface area (Å²) in [5, 5.41) is 6.16. The van der Waals surface area contributed by atoms with Gasteiger partial charge in [-0.1, -0.05) is 29.4 Å². The molecular weight excluding hydrogens is 346 g/mol. The van der Waals surface area contributed by atoms with Gasteiger partial charge in [-0.3, -0.25) is 9.79 Å². The highest BCUT2D eigenvalue weighted by molar-refractivity contribution is 8.16. The maximum Gasteiger partial charge on any atom is 0.166 e. The fraction of sp³-hybridized carbons (Fsp3) is 0.118. The quantitative estimate of drug-likeness (QED) is 0.461. The molecule has 0 aliphatic heterocycles. The number of hydrogen-bond donors (Lipinski definition) is 1. The van der Waals surface area contributed by atoms with E-state index in [-0.39, 0.29) is 0 Å². The summed E-state index contributed by atoms with van der Waals surface area (Å²) in [5.41, 5.74) is 0.491. The molecule has 5 nitrogen and oxygen atoms in total. The predicted octanol–water partition coefficient (Wildman–Crippen LogP) is 5.00. The van der Waals surface area contributed by atoms with Gasteiger partial charge in [0.2, 0.25) is 0 Å². The topological polar surface area (TPSA) is 63.6 Å². The molecule has 0 saturated heterocycles. The lowest BCUT2D eigenvalue weighted by atomic mass is 10.2. The van der Waals surface area contributed by atoms with Crippen LogP contribution in [-0.4, -0.2) is 23.5 Å². The molecule has 0 radical (unpaired) electrons. The number of carbonyl (C=O) groups excluding carboxylic acids is 1. The molecule has 1 heterocycles. The largest absolute Gasteiger partial charge is 0.456 e. The average molecular weight is 362 g/mol. The third-order valence-electron chi connectivity index (χ3n) is 2.80. The Morgan fingerprint density at radius 2 is 2.21 bits per heavy atom. The van der Waals surface area contributed by atoms with Crippen LogP contribution in [0.15, 0.2) is 53.0 Å². The van der Waals surface area contributed by atoms with E-state index < -0.39 is 0 Å². The Morgan fingerprint density at radius 3 is 2.92 bits per heavy atom. The minimum atomic E-state index is 0.408. The number of allylic oxidation sites excluding steroid dienone is 1. The van der Waals surface area contributed by atoms with Crippen LogP contribution in [-0.2, 0) is 0 Å². The van der Waals surface area contributed by atoms with Crippen molar-refractivity contribution in [3.63, 3.8) is 0 Å². The zero-order valence-corrected chi connectivity index (χ0v) is 14.8. The molecule has 0 bridgehead atoms. The van der Waals surface area contributed by atoms with Crippen LogP contribution in [0.5, 0.6) is 11.5 Å². The number of nitrogens with one attached hydrogen (secondary N) is 1. The monoisotopic (exact) mass is 361 g/mol. The van der Waals surface area contributed by atoms with E-state index in [0.717, 1.165) is 6.29 Å². The molecule has 1 aromatic heterocycles. The maximum absolute atomic E-state index is 10.9. The molecule has 24 heavy (non-hydrogen) atoms. The van der Waals surface area contributed by atoms with Crippen LogP contribution >= 0.6 is 23.4 Å². The second-order valence-electron chi connectivity index (χ2n) is 4.53. The highest BCUT2D eigenvalue weighted by atomic mass is 35.5. The molecule has 7 heteroatoms. The van der Waals surface area contributed by atoms with Crippen LogP contribution in [0.1, 0.15) is 17.3 Å². The fourth-order valence-electron chi connectivity index (χ4n) is 1.72. The van der Waals surface area contributed by atoms with Gasteiger partial charge in [0.15, 0.2) is 5.17 Å². The lowest BCUT2D eigenvalue weighted by Crippen LogP contribution is -2.08. The third kappa shape index (κ3) is 5.11. The van der Waals surface area contributed by atoms with Gasteiger partial charge in [0.05, 0.1) is 5.02 Å². The van der Waals surface area contributed by atoms with Gasteiger partial charge >= 0.3 is 0 Å². The van der Waals surface area contributed by atoms with E-state index in [1.807, 2.05) is 18.4 Å². The zero-order valence-electron chi connectivity index (χ0n) is 13.2. The number of benzene rings is 1. The summed E-state index contributed by atoms with van der Waals surface area (Å²) in [6, 6.07) is 8.27. The molecule has 0 amide bonds. The lowest BCUT2D eigenvalue weighted by molar-refractivity contribution is 0.112. The first-order valence-corrected chi connectivity index (χ1v) is 8.32. The number of aromatic nitrogens is 1. The van der Waals surface area contributed by atoms with E-state index in [4.69, 9.17) is 16.3 Å². The normalized spacial score (nSPS) is 11.5. The Hall–Kier alpha value is -2.31. The third-order valence-corrected chi connectivity index (χ3v) is 4.03. The molecule has 2 rings (SSSR count). The molecule has 124 valence electrons. The number of amidine groups is 1. The number of hydrogen-bond acceptors (Lipinski definition) is 5. The fourth-order valence-corrected chi connectivity index (χ4v) is 2.41. The molecule has 0 fully saturated rings. The number of carbonyl (C=O) groups is 1. The van der Waals surface area contributed by atoms with Crippen LogP contribution < -0.4 is 10.1 Å². The van der Waals surface area contributed by atoms with Crippen molar-refractivity contribution in [3.05, 3.63) is 58.6 Å². The first-order valence-electron chi connectivity index (χ1n) is 7.06. The molecule has 1 aromatic carbocycles. The highest BCUT2D eigenvalue weighted by Gasteiger charge is 2.07. The highest BCUT2D eigenvalue weighted by Crippen LogP contribution is 2.30. The number of halogens is 1. The van der Waals surface area contributed by atoms with Gasteiger partial charge in [0.25, 0.3) is 0 Å². The predicted molar refractivity (Wildman–Crippen MR) is 101 cm³/mol. The number of rotatable bonds is 5. The Bertz CT molecular complexity index is 778. The number of anilines is 1. The minimum absolute atomic E-state index is 0.408. The van der Waals surface area contributed by atoms with E-state index in [0.29, 0.717) is 33.1 Å². The second-order valence-corrected chi connectivity index (χ2v) is 5.83. The number of thioether (sulfide) groups is 1. The Labute approximate surface area is 149 Å². The van der Waals surface area contributed by atoms with E-state index in [1.165, 1.54) is 11.8 Å². The summed E-state index contributed by atoms with van der Waals surface area (Å²) in [4.78, 5) is 19.3. The summed E-state index contributed by atoms with van der Waals surface area (Å²) < 4.78 is 5.76. The van der Waals surface area contributed by atoms with Crippen LogP contribution in [0.2, 0.25) is 5.02 Å². The molecule has 0 unspecified atom stereocenters. The van der Waals surface area contributed by atoms with Gasteiger partial charge in [0, 0.05) is 24.9 Å². The molecule has 0 spiro atoms. The molecule has 0 atom stereocenters. The van der Waals surface area contributed by atoms with Crippen molar-refractivity contribution in [1.29, 1.82) is 0 Å². The van der Waals surface area contributed by atoms with Crippen LogP contribution in [0, 0.1) is 0 Å². The zero-order chi connectivity index (χ0) is 17.4. The van der Waals surface area contributed by atoms with Crippen molar-refractivity contribution in [3.8, 4) is 11.5 Å². The minimum Gasteiger partial charge on any atom is -0.456 e. The summed E-state index contributed by atoms with van der Waals surface area (Å²) >= 11 is 7.56. The number of aliphatic imine (C=N–C) groups is 1. The Kier molecular flexibility index (Phi) is 6.84. The maximum atomic E-state index is 10.9. The SMILES string of the molecule is C/C=C/SC(=NC)Nc1cc(Oc2cc(C=O)ccc2Cl)ccn1. The summed E-state index contributed by atoms with van der Waals surface area (Å²) in [6.45, 7) is 1.93. The van der Waals surface area contributed by atoms with Crippen LogP contribution in [0.4, 0.5) is 5.82 Å². The number of ether oxygens (including phenoxy) is 1. The van der Waals surface area contributed by atoms with E-state index in [9.17, 15) is 4.79 Å². The van der Waals surface area contributed by atoms with E-state index in [1.54, 1.807) is 43.6 Å². The molecule has 0 saturated carbocycles. The molecule has 1 N–H and O–H groups in total. The Balaban J connectivity index is 2.17. The van der Waals surface area contributed by atoms with Gasteiger partial charge in [-0.25, -0.2) is 4.98 Å². The van der Waals surface area contributed by atoms with Gasteiger partial charge in [-0.15, -0.1) is 0 Å². The van der Waals surface area contributed by atoms with Crippen LogP contribution in [0.3, 0.4) is 0 Å². The summed E-state index contributed by atoms with van der Waals surface area (Å²) in [5.74, 6) is 1.54. The summed E-state index contributed by atoms with van der Waals surface area (Å²) in [6.07, 6.45) is 4.28. The Morgan fingerprint density at radius 1 is 1.38 bits per heavy atom. The second kappa shape index (κ2) is 9.10. The summed E-state index contributed by atoms with van der Waals surface area (Å²) in [7, 11) is 1.70. The van der Waals surface area contributed by atoms with Crippen molar-refractivity contribution in [2.24, 2.45) is 4.99 Å². The van der Waals surface area contributed by atoms with Crippen molar-refractivity contribution in [2.75, 3.05) is 12.4 Å². The molecule has 2 aromatic rings. The van der Waals surface area contributed by atoms with Crippen LogP contribution in [0.25, 0.3) is 0 Å². The first kappa shape index (κ1) is 18.0. The average Bonchev–Trinajstić information content (AvgIpc) is 2.61. The van der Waals surface area contributed by atoms with E-state index >= 15 is 0 Å². The standard InChI is InChI=1S/C17H16ClN3O2S/c1-3-8-24-17(19-2)21-16-10-13(6-7-20-16)23-15-9-12(11-22)4-5-14(15)18/h3-11H,1-2H3,(H,19,20,21)/b8-3+. The van der Waals surface area contributed by atoms with Crippen molar-refractivity contribution in [1.82, 2.24) is 4.98 Å². The van der Waals surface area contributed by atoms with Crippen molar-refractivity contribution >= 4 is 40.6 Å². The number of pyridine rings is 1. The number of nitrogens with zero attached hydrogens (tertiary/aromatic N) is 2. The molecular formula is C17H16ClN3O2S. The molecule has 0 aliphatic carbocycles. The van der Waals surface area contributed by atoms with Crippen molar-refractivity contribution in [2.45, 2.75) is 6.92 Å². The van der Waals surface area contributed by atoms with Gasteiger partial charge in [-0.2, -0.15) is 0 Å². The van der Waals surface area contributed by atoms with E-state index in [2.05, 4.69) is 15.3 Å². The van der Waals surface area contributed by atoms with Gasteiger partial charge in [-0.05, 0) is 36.6 Å². The van der Waals surface area contributed by atoms with Crippen molar-refractivity contribution < 1.29 is 9.53 Å². The van der Waals surface area contributed by atoms with Gasteiger partial charge in [0.1, 0.15) is 23.6 Å². The lowest BCUT2D eigenvalue weighted by Gasteiger charge is -2.10. The molecule has 0 aliphatic rings. The smallest absolute Gasteiger partial charge is 0.166 e. The number of aldehydes is 1. The van der Waals surface area contributed by atoms with Gasteiger partial charge < -0.3 is 10.1 Å².